The summed E-state index contributed by atoms with van der Waals surface area (Å²) in [7, 11) is 0. The molecule has 0 N–H and O–H groups in total. The van der Waals surface area contributed by atoms with E-state index in [2.05, 4.69) is 204 Å². The minimum absolute atomic E-state index is 0.318. The largest absolute Gasteiger partial charge is 0.310 e. The van der Waals surface area contributed by atoms with Gasteiger partial charge in [0, 0.05) is 44.7 Å². The monoisotopic (exact) mass is 772 g/mol. The number of anilines is 3. The van der Waals surface area contributed by atoms with Crippen molar-refractivity contribution in [3.05, 3.63) is 211 Å². The second-order valence-corrected chi connectivity index (χ2v) is 18.5. The van der Waals surface area contributed by atoms with Gasteiger partial charge in [-0.25, -0.2) is 0 Å². The fourth-order valence-electron chi connectivity index (χ4n) is 13.6. The van der Waals surface area contributed by atoms with E-state index >= 15 is 0 Å². The highest BCUT2D eigenvalue weighted by atomic mass is 15.1. The van der Waals surface area contributed by atoms with Crippen LogP contribution >= 0.6 is 0 Å². The predicted molar refractivity (Wildman–Crippen MR) is 249 cm³/mol. The first-order valence-corrected chi connectivity index (χ1v) is 22.4. The first-order chi connectivity index (χ1) is 29.7. The van der Waals surface area contributed by atoms with Crippen LogP contribution in [-0.2, 0) is 5.41 Å². The quantitative estimate of drug-likeness (QED) is 0.163. The van der Waals surface area contributed by atoms with E-state index in [0.29, 0.717) is 17.3 Å². The molecule has 4 fully saturated rings. The van der Waals surface area contributed by atoms with Gasteiger partial charge in [-0.3, -0.25) is 0 Å². The van der Waals surface area contributed by atoms with Crippen molar-refractivity contribution in [3.63, 3.8) is 0 Å². The number of nitrogens with zero attached hydrogens (tertiary/aromatic N) is 2. The molecule has 0 radical (unpaired) electrons. The Morgan fingerprint density at radius 3 is 1.97 bits per heavy atom. The zero-order valence-corrected chi connectivity index (χ0v) is 33.9. The normalized spacial score (nSPS) is 25.8. The van der Waals surface area contributed by atoms with Gasteiger partial charge in [0.05, 0.1) is 16.7 Å². The van der Waals surface area contributed by atoms with Gasteiger partial charge in [0.15, 0.2) is 0 Å². The molecule has 1 heterocycles. The molecule has 4 bridgehead atoms. The summed E-state index contributed by atoms with van der Waals surface area (Å²) in [5.41, 5.74) is 15.7. The van der Waals surface area contributed by atoms with Crippen LogP contribution in [0, 0.1) is 29.6 Å². The number of para-hydroxylation sites is 3. The Morgan fingerprint density at radius 2 is 1.17 bits per heavy atom. The zero-order valence-electron chi connectivity index (χ0n) is 33.9. The smallest absolute Gasteiger partial charge is 0.0542 e. The Balaban J connectivity index is 0.921. The second-order valence-electron chi connectivity index (χ2n) is 18.5. The maximum atomic E-state index is 2.67. The minimum atomic E-state index is 0.318. The molecule has 8 aromatic rings. The van der Waals surface area contributed by atoms with Crippen molar-refractivity contribution in [2.45, 2.75) is 43.4 Å². The van der Waals surface area contributed by atoms with E-state index in [1.165, 1.54) is 81.9 Å². The summed E-state index contributed by atoms with van der Waals surface area (Å²) in [6.45, 7) is 0. The summed E-state index contributed by atoms with van der Waals surface area (Å²) in [5.74, 6) is 4.62. The molecule has 2 heteroatoms. The Kier molecular flexibility index (Phi) is 7.65. The van der Waals surface area contributed by atoms with Gasteiger partial charge in [0.25, 0.3) is 0 Å². The molecule has 2 nitrogen and oxygen atoms in total. The molecule has 2 unspecified atom stereocenters. The minimum Gasteiger partial charge on any atom is -0.310 e. The molecule has 1 aromatic heterocycles. The molecule has 4 saturated carbocycles. The highest BCUT2D eigenvalue weighted by molar-refractivity contribution is 6.11. The lowest BCUT2D eigenvalue weighted by atomic mass is 9.41. The van der Waals surface area contributed by atoms with Crippen molar-refractivity contribution in [2.75, 3.05) is 4.90 Å². The summed E-state index contributed by atoms with van der Waals surface area (Å²) in [6.07, 6.45) is 15.1. The van der Waals surface area contributed by atoms with Crippen LogP contribution in [0.25, 0.3) is 44.2 Å². The van der Waals surface area contributed by atoms with E-state index in [1.807, 2.05) is 0 Å². The van der Waals surface area contributed by atoms with Gasteiger partial charge in [0.2, 0.25) is 0 Å². The van der Waals surface area contributed by atoms with E-state index in [0.717, 1.165) is 40.7 Å². The van der Waals surface area contributed by atoms with Gasteiger partial charge in [-0.1, -0.05) is 140 Å². The first-order valence-electron chi connectivity index (χ1n) is 22.4. The van der Waals surface area contributed by atoms with E-state index in [4.69, 9.17) is 0 Å². The van der Waals surface area contributed by atoms with Crippen LogP contribution < -0.4 is 4.90 Å². The number of rotatable bonds is 6. The SMILES string of the molecule is C1=CC2C(C=C1c1ccc(N(c3ccc4c(c3)c3ccccc3n4-c3ccccc3)c3ccccc3-c3ccccc3)cc1)c1ccccc1C21C2CC3CC(C2)CC1C3. The van der Waals surface area contributed by atoms with Crippen LogP contribution in [0.15, 0.2) is 194 Å². The van der Waals surface area contributed by atoms with Crippen molar-refractivity contribution in [1.29, 1.82) is 0 Å². The number of allylic oxidation sites excluding steroid dienone is 4. The van der Waals surface area contributed by atoms with Crippen molar-refractivity contribution in [1.82, 2.24) is 4.57 Å². The van der Waals surface area contributed by atoms with Gasteiger partial charge in [-0.2, -0.15) is 0 Å². The van der Waals surface area contributed by atoms with Crippen LogP contribution in [-0.4, -0.2) is 4.57 Å². The lowest BCUT2D eigenvalue weighted by Gasteiger charge is -2.63. The molecule has 1 spiro atoms. The summed E-state index contributed by atoms with van der Waals surface area (Å²) in [4.78, 5) is 2.46. The maximum absolute atomic E-state index is 2.67. The van der Waals surface area contributed by atoms with E-state index in [-0.39, 0.29) is 0 Å². The van der Waals surface area contributed by atoms with E-state index < -0.39 is 0 Å². The van der Waals surface area contributed by atoms with Gasteiger partial charge in [0.1, 0.15) is 0 Å². The molecular weight excluding hydrogens is 725 g/mol. The summed E-state index contributed by atoms with van der Waals surface area (Å²) in [6, 6.07) is 65.3. The van der Waals surface area contributed by atoms with Gasteiger partial charge < -0.3 is 9.47 Å². The molecule has 2 atom stereocenters. The lowest BCUT2D eigenvalue weighted by Crippen LogP contribution is -2.57. The topological polar surface area (TPSA) is 8.17 Å². The van der Waals surface area contributed by atoms with Crippen molar-refractivity contribution < 1.29 is 0 Å². The van der Waals surface area contributed by atoms with E-state index in [9.17, 15) is 0 Å². The predicted octanol–water partition coefficient (Wildman–Crippen LogP) is 15.0. The van der Waals surface area contributed by atoms with Crippen LogP contribution in [0.3, 0.4) is 0 Å². The van der Waals surface area contributed by atoms with Crippen molar-refractivity contribution >= 4 is 44.4 Å². The zero-order chi connectivity index (χ0) is 39.4. The molecular formula is C58H48N2. The summed E-state index contributed by atoms with van der Waals surface area (Å²) < 4.78 is 2.40. The molecule has 0 aliphatic heterocycles. The number of hydrogen-bond acceptors (Lipinski definition) is 1. The average Bonchev–Trinajstić information content (AvgIpc) is 3.79. The van der Waals surface area contributed by atoms with Crippen molar-refractivity contribution in [3.8, 4) is 16.8 Å². The maximum Gasteiger partial charge on any atom is 0.0542 e. The standard InChI is InChI=1S/C58H48N2/c1-3-13-41(14-4-1)48-17-8-11-21-55(48)59(47-28-30-57-52(37-47)50-19-9-12-22-56(50)60(57)45-15-5-2-6-16-45)46-26-23-40(24-27-46)42-25-29-54-51(36-42)49-18-7-10-20-53(49)58(54)43-32-38-31-39(34-43)35-44(58)33-38/h1-30,36-39,43-44,51,54H,31-35H2. The third-order valence-corrected chi connectivity index (χ3v) is 15.7. The fraction of sp³-hybridized carbons (Fsp3) is 0.207. The van der Waals surface area contributed by atoms with Crippen LogP contribution in [0.2, 0.25) is 0 Å². The molecule has 7 aromatic carbocycles. The van der Waals surface area contributed by atoms with Crippen LogP contribution in [0.4, 0.5) is 17.1 Å². The number of aromatic nitrogens is 1. The first kappa shape index (κ1) is 34.5. The number of fused-ring (bicyclic) bond motifs is 6. The Bertz CT molecular complexity index is 2980. The van der Waals surface area contributed by atoms with E-state index in [1.54, 1.807) is 11.1 Å². The second kappa shape index (κ2) is 13.3. The summed E-state index contributed by atoms with van der Waals surface area (Å²) >= 11 is 0. The van der Waals surface area contributed by atoms with Crippen molar-refractivity contribution in [2.24, 2.45) is 29.6 Å². The highest BCUT2D eigenvalue weighted by Crippen LogP contribution is 2.71. The average molecular weight is 773 g/mol. The number of hydrogen-bond donors (Lipinski definition) is 0. The molecule has 0 amide bonds. The Labute approximate surface area is 353 Å². The third kappa shape index (κ3) is 5.00. The van der Waals surface area contributed by atoms with Crippen LogP contribution in [0.1, 0.15) is 54.7 Å². The number of benzene rings is 7. The van der Waals surface area contributed by atoms with Gasteiger partial charge >= 0.3 is 0 Å². The van der Waals surface area contributed by atoms with Gasteiger partial charge in [-0.05, 0) is 144 Å². The van der Waals surface area contributed by atoms with Crippen LogP contribution in [0.5, 0.6) is 0 Å². The summed E-state index contributed by atoms with van der Waals surface area (Å²) in [5, 5.41) is 2.50. The molecule has 60 heavy (non-hydrogen) atoms. The van der Waals surface area contributed by atoms with Gasteiger partial charge in [-0.15, -0.1) is 0 Å². The molecule has 6 aliphatic carbocycles. The molecule has 6 aliphatic rings. The Morgan fingerprint density at radius 1 is 0.517 bits per heavy atom. The molecule has 0 saturated heterocycles. The third-order valence-electron chi connectivity index (χ3n) is 15.7. The molecule has 14 rings (SSSR count). The Hall–Kier alpha value is -6.38. The lowest BCUT2D eigenvalue weighted by molar-refractivity contribution is -0.0761. The highest BCUT2D eigenvalue weighted by Gasteiger charge is 2.64. The molecule has 290 valence electrons. The fourth-order valence-corrected chi connectivity index (χ4v) is 13.6.